The van der Waals surface area contributed by atoms with Crippen molar-refractivity contribution in [2.45, 2.75) is 33.2 Å². The van der Waals surface area contributed by atoms with Gasteiger partial charge in [0.2, 0.25) is 0 Å². The van der Waals surface area contributed by atoms with Gasteiger partial charge in [-0.1, -0.05) is 43.2 Å². The van der Waals surface area contributed by atoms with Crippen molar-refractivity contribution >= 4 is 5.65 Å². The Kier molecular flexibility index (Phi) is 4.63. The molecule has 0 spiro atoms. The smallest absolute Gasteiger partial charge is 0.180 e. The Morgan fingerprint density at radius 2 is 1.96 bits per heavy atom. The van der Waals surface area contributed by atoms with Gasteiger partial charge in [0, 0.05) is 18.3 Å². The van der Waals surface area contributed by atoms with Gasteiger partial charge in [-0.15, -0.1) is 0 Å². The standard InChI is InChI=1S/C19H23N3O/c1-3-4-12-23-17-6-5-11-22-16(13-20)18(21-19(17)22)15-9-7-14(2)8-10-15/h5-11H,3-4,12-13,20H2,1-2H3. The zero-order chi connectivity index (χ0) is 16.2. The second kappa shape index (κ2) is 6.84. The van der Waals surface area contributed by atoms with Crippen molar-refractivity contribution in [2.75, 3.05) is 6.61 Å². The van der Waals surface area contributed by atoms with Crippen LogP contribution in [0.25, 0.3) is 16.9 Å². The third kappa shape index (κ3) is 3.08. The van der Waals surface area contributed by atoms with E-state index in [-0.39, 0.29) is 0 Å². The summed E-state index contributed by atoms with van der Waals surface area (Å²) in [6.45, 7) is 5.38. The Morgan fingerprint density at radius 3 is 2.65 bits per heavy atom. The number of ether oxygens (including phenoxy) is 1. The molecule has 0 radical (unpaired) electrons. The van der Waals surface area contributed by atoms with Gasteiger partial charge >= 0.3 is 0 Å². The third-order valence-corrected chi connectivity index (χ3v) is 3.99. The first kappa shape index (κ1) is 15.6. The molecule has 4 nitrogen and oxygen atoms in total. The summed E-state index contributed by atoms with van der Waals surface area (Å²) < 4.78 is 7.94. The molecule has 0 aliphatic rings. The van der Waals surface area contributed by atoms with E-state index in [2.05, 4.69) is 38.1 Å². The quantitative estimate of drug-likeness (QED) is 0.702. The fourth-order valence-electron chi connectivity index (χ4n) is 2.67. The average Bonchev–Trinajstić information content (AvgIpc) is 2.95. The summed E-state index contributed by atoms with van der Waals surface area (Å²) in [5, 5.41) is 0. The molecule has 0 saturated heterocycles. The van der Waals surface area contributed by atoms with Gasteiger partial charge in [0.05, 0.1) is 18.0 Å². The van der Waals surface area contributed by atoms with E-state index in [4.69, 9.17) is 15.5 Å². The highest BCUT2D eigenvalue weighted by Crippen LogP contribution is 2.28. The summed E-state index contributed by atoms with van der Waals surface area (Å²) in [5.74, 6) is 0.814. The summed E-state index contributed by atoms with van der Waals surface area (Å²) >= 11 is 0. The van der Waals surface area contributed by atoms with Crippen molar-refractivity contribution in [1.82, 2.24) is 9.38 Å². The van der Waals surface area contributed by atoms with Crippen LogP contribution in [0.1, 0.15) is 31.0 Å². The van der Waals surface area contributed by atoms with E-state index in [1.165, 1.54) is 5.56 Å². The van der Waals surface area contributed by atoms with Crippen LogP contribution in [0.5, 0.6) is 5.75 Å². The number of rotatable bonds is 6. The Bertz CT molecular complexity index is 790. The Hall–Kier alpha value is -2.33. The van der Waals surface area contributed by atoms with Crippen molar-refractivity contribution < 1.29 is 4.74 Å². The van der Waals surface area contributed by atoms with Crippen LogP contribution >= 0.6 is 0 Å². The van der Waals surface area contributed by atoms with E-state index in [0.717, 1.165) is 41.2 Å². The van der Waals surface area contributed by atoms with Crippen molar-refractivity contribution in [3.8, 4) is 17.0 Å². The summed E-state index contributed by atoms with van der Waals surface area (Å²) in [4.78, 5) is 4.82. The molecular weight excluding hydrogens is 286 g/mol. The van der Waals surface area contributed by atoms with Crippen molar-refractivity contribution in [3.05, 3.63) is 53.9 Å². The maximum Gasteiger partial charge on any atom is 0.180 e. The highest BCUT2D eigenvalue weighted by atomic mass is 16.5. The first-order chi connectivity index (χ1) is 11.2. The van der Waals surface area contributed by atoms with Crippen LogP contribution in [0, 0.1) is 6.92 Å². The zero-order valence-electron chi connectivity index (χ0n) is 13.7. The second-order valence-electron chi connectivity index (χ2n) is 5.75. The molecule has 0 aliphatic carbocycles. The van der Waals surface area contributed by atoms with Crippen LogP contribution in [-0.4, -0.2) is 16.0 Å². The van der Waals surface area contributed by atoms with Gasteiger partial charge in [0.15, 0.2) is 11.4 Å². The largest absolute Gasteiger partial charge is 0.490 e. The highest BCUT2D eigenvalue weighted by molar-refractivity contribution is 5.69. The van der Waals surface area contributed by atoms with Crippen molar-refractivity contribution in [2.24, 2.45) is 5.73 Å². The van der Waals surface area contributed by atoms with Gasteiger partial charge in [0.1, 0.15) is 0 Å². The minimum absolute atomic E-state index is 0.433. The number of aromatic nitrogens is 2. The van der Waals surface area contributed by atoms with Crippen LogP contribution in [0.15, 0.2) is 42.6 Å². The molecule has 0 saturated carbocycles. The fraction of sp³-hybridized carbons (Fsp3) is 0.316. The molecule has 0 amide bonds. The number of fused-ring (bicyclic) bond motifs is 1. The van der Waals surface area contributed by atoms with Gasteiger partial charge in [-0.05, 0) is 25.5 Å². The first-order valence-electron chi connectivity index (χ1n) is 8.14. The number of aryl methyl sites for hydroxylation is 1. The molecule has 0 unspecified atom stereocenters. The normalized spacial score (nSPS) is 11.1. The van der Waals surface area contributed by atoms with Gasteiger partial charge in [-0.3, -0.25) is 4.40 Å². The highest BCUT2D eigenvalue weighted by Gasteiger charge is 2.15. The van der Waals surface area contributed by atoms with Crippen LogP contribution in [0.4, 0.5) is 0 Å². The van der Waals surface area contributed by atoms with E-state index < -0.39 is 0 Å². The Balaban J connectivity index is 2.08. The minimum Gasteiger partial charge on any atom is -0.490 e. The molecule has 4 heteroatoms. The molecular formula is C19H23N3O. The Morgan fingerprint density at radius 1 is 1.17 bits per heavy atom. The van der Waals surface area contributed by atoms with Crippen LogP contribution < -0.4 is 10.5 Å². The molecule has 120 valence electrons. The molecule has 2 heterocycles. The lowest BCUT2D eigenvalue weighted by Gasteiger charge is -2.07. The summed E-state index contributed by atoms with van der Waals surface area (Å²) in [5.41, 5.74) is 11.1. The number of nitrogens with zero attached hydrogens (tertiary/aromatic N) is 2. The van der Waals surface area contributed by atoms with Gasteiger partial charge in [-0.25, -0.2) is 4.98 Å². The van der Waals surface area contributed by atoms with E-state index in [9.17, 15) is 0 Å². The summed E-state index contributed by atoms with van der Waals surface area (Å²) in [7, 11) is 0. The second-order valence-corrected chi connectivity index (χ2v) is 5.75. The predicted octanol–water partition coefficient (Wildman–Crippen LogP) is 3.95. The molecule has 0 atom stereocenters. The van der Waals surface area contributed by atoms with Gasteiger partial charge < -0.3 is 10.5 Å². The molecule has 3 aromatic rings. The molecule has 1 aromatic carbocycles. The molecule has 23 heavy (non-hydrogen) atoms. The third-order valence-electron chi connectivity index (χ3n) is 3.99. The number of imidazole rings is 1. The van der Waals surface area contributed by atoms with Crippen LogP contribution in [0.3, 0.4) is 0 Å². The number of benzene rings is 1. The molecule has 0 fully saturated rings. The monoisotopic (exact) mass is 309 g/mol. The average molecular weight is 309 g/mol. The van der Waals surface area contributed by atoms with E-state index in [1.807, 2.05) is 22.7 Å². The van der Waals surface area contributed by atoms with Gasteiger partial charge in [-0.2, -0.15) is 0 Å². The maximum atomic E-state index is 6.00. The number of pyridine rings is 1. The zero-order valence-corrected chi connectivity index (χ0v) is 13.7. The van der Waals surface area contributed by atoms with Crippen molar-refractivity contribution in [3.63, 3.8) is 0 Å². The minimum atomic E-state index is 0.433. The van der Waals surface area contributed by atoms with Crippen LogP contribution in [0.2, 0.25) is 0 Å². The summed E-state index contributed by atoms with van der Waals surface area (Å²) in [6, 6.07) is 12.3. The summed E-state index contributed by atoms with van der Waals surface area (Å²) in [6.07, 6.45) is 4.14. The SMILES string of the molecule is CCCCOc1cccn2c(CN)c(-c3ccc(C)cc3)nc12. The molecule has 2 N–H and O–H groups in total. The maximum absolute atomic E-state index is 6.00. The molecule has 3 rings (SSSR count). The topological polar surface area (TPSA) is 52.5 Å². The molecule has 2 aromatic heterocycles. The lowest BCUT2D eigenvalue weighted by Crippen LogP contribution is -2.03. The molecule has 0 bridgehead atoms. The van der Waals surface area contributed by atoms with Gasteiger partial charge in [0.25, 0.3) is 0 Å². The first-order valence-corrected chi connectivity index (χ1v) is 8.14. The van der Waals surface area contributed by atoms with E-state index in [0.29, 0.717) is 13.2 Å². The fourth-order valence-corrected chi connectivity index (χ4v) is 2.67. The lowest BCUT2D eigenvalue weighted by atomic mass is 10.1. The predicted molar refractivity (Wildman–Crippen MR) is 93.7 cm³/mol. The lowest BCUT2D eigenvalue weighted by molar-refractivity contribution is 0.311. The molecule has 0 aliphatic heterocycles. The number of nitrogens with two attached hydrogens (primary N) is 1. The number of hydrogen-bond acceptors (Lipinski definition) is 3. The number of unbranched alkanes of at least 4 members (excludes halogenated alkanes) is 1. The number of hydrogen-bond donors (Lipinski definition) is 1. The van der Waals surface area contributed by atoms with E-state index in [1.54, 1.807) is 0 Å². The van der Waals surface area contributed by atoms with E-state index >= 15 is 0 Å². The van der Waals surface area contributed by atoms with Crippen molar-refractivity contribution in [1.29, 1.82) is 0 Å². The Labute approximate surface area is 136 Å². The van der Waals surface area contributed by atoms with Crippen LogP contribution in [-0.2, 0) is 6.54 Å².